The van der Waals surface area contributed by atoms with Gasteiger partial charge in [-0.2, -0.15) is 13.7 Å². The van der Waals surface area contributed by atoms with Crippen LogP contribution in [-0.2, 0) is 16.5 Å². The molecule has 0 aliphatic carbocycles. The summed E-state index contributed by atoms with van der Waals surface area (Å²) in [6.07, 6.45) is -0.0318. The molecule has 0 fully saturated rings. The molecule has 14 heavy (non-hydrogen) atoms. The predicted octanol–water partition coefficient (Wildman–Crippen LogP) is -2.00. The van der Waals surface area contributed by atoms with E-state index in [2.05, 4.69) is 0 Å². The van der Waals surface area contributed by atoms with Crippen molar-refractivity contribution in [2.24, 2.45) is 0 Å². The summed E-state index contributed by atoms with van der Waals surface area (Å²) >= 11 is 0. The Balaban J connectivity index is 0.00000169. The number of hydrogen-bond donors (Lipinski definition) is 1. The topological polar surface area (TPSA) is 78.2 Å². The molecule has 1 N–H and O–H groups in total. The molecule has 0 heterocycles. The van der Waals surface area contributed by atoms with Crippen LogP contribution >= 0.6 is 0 Å². The first-order valence-electron chi connectivity index (χ1n) is 3.48. The molecule has 0 saturated carbocycles. The van der Waals surface area contributed by atoms with Crippen LogP contribution in [0.3, 0.4) is 0 Å². The molecular weight excluding hydrogens is 229 g/mol. The van der Waals surface area contributed by atoms with Gasteiger partial charge in [-0.3, -0.25) is 4.55 Å². The first-order valence-corrected chi connectivity index (χ1v) is 4.92. The van der Waals surface area contributed by atoms with Crippen LogP contribution in [0.2, 0.25) is 0 Å². The van der Waals surface area contributed by atoms with Crippen molar-refractivity contribution < 1.29 is 64.4 Å². The SMILES string of the molecule is N#CCc1ccccc1S(=O)(=O)O.[K+]. The van der Waals surface area contributed by atoms with E-state index in [1.54, 1.807) is 6.07 Å². The summed E-state index contributed by atoms with van der Waals surface area (Å²) in [6.45, 7) is 0. The van der Waals surface area contributed by atoms with Crippen LogP contribution in [0.5, 0.6) is 0 Å². The smallest absolute Gasteiger partial charge is 0.282 e. The Labute approximate surface area is 125 Å². The van der Waals surface area contributed by atoms with E-state index in [-0.39, 0.29) is 62.7 Å². The van der Waals surface area contributed by atoms with Gasteiger partial charge in [-0.05, 0) is 11.6 Å². The van der Waals surface area contributed by atoms with Gasteiger partial charge in [0.15, 0.2) is 0 Å². The van der Waals surface area contributed by atoms with Gasteiger partial charge in [-0.15, -0.1) is 0 Å². The second kappa shape index (κ2) is 5.97. The first kappa shape index (κ1) is 14.3. The quantitative estimate of drug-likeness (QED) is 0.476. The van der Waals surface area contributed by atoms with E-state index < -0.39 is 10.1 Å². The van der Waals surface area contributed by atoms with Crippen LogP contribution in [-0.4, -0.2) is 13.0 Å². The zero-order valence-electron chi connectivity index (χ0n) is 7.64. The van der Waals surface area contributed by atoms with E-state index >= 15 is 0 Å². The Bertz CT molecular complexity index is 450. The van der Waals surface area contributed by atoms with E-state index in [4.69, 9.17) is 9.81 Å². The minimum atomic E-state index is -4.21. The minimum Gasteiger partial charge on any atom is -0.282 e. The molecule has 0 saturated heterocycles. The largest absolute Gasteiger partial charge is 1.00 e. The molecule has 1 rings (SSSR count). The molecule has 0 aliphatic heterocycles. The van der Waals surface area contributed by atoms with Gasteiger partial charge in [0.05, 0.1) is 17.4 Å². The van der Waals surface area contributed by atoms with Crippen LogP contribution in [0.25, 0.3) is 0 Å². The molecule has 0 spiro atoms. The summed E-state index contributed by atoms with van der Waals surface area (Å²) in [5.74, 6) is 0. The Morgan fingerprint density at radius 3 is 2.43 bits per heavy atom. The van der Waals surface area contributed by atoms with Crippen molar-refractivity contribution in [1.82, 2.24) is 0 Å². The van der Waals surface area contributed by atoms with Crippen molar-refractivity contribution in [3.05, 3.63) is 29.8 Å². The van der Waals surface area contributed by atoms with Crippen LogP contribution in [0, 0.1) is 11.3 Å². The van der Waals surface area contributed by atoms with Gasteiger partial charge >= 0.3 is 51.4 Å². The minimum absolute atomic E-state index is 0. The predicted molar refractivity (Wildman–Crippen MR) is 45.6 cm³/mol. The van der Waals surface area contributed by atoms with Gasteiger partial charge < -0.3 is 0 Å². The van der Waals surface area contributed by atoms with Gasteiger partial charge in [0, 0.05) is 0 Å². The Morgan fingerprint density at radius 1 is 1.36 bits per heavy atom. The number of hydrogen-bond acceptors (Lipinski definition) is 3. The molecule has 1 aromatic carbocycles. The van der Waals surface area contributed by atoms with E-state index in [0.717, 1.165) is 0 Å². The second-order valence-corrected chi connectivity index (χ2v) is 3.81. The zero-order chi connectivity index (χ0) is 9.90. The second-order valence-electron chi connectivity index (χ2n) is 2.42. The average Bonchev–Trinajstić information content (AvgIpc) is 2.04. The third-order valence-electron chi connectivity index (χ3n) is 1.52. The monoisotopic (exact) mass is 236 g/mol. The maximum Gasteiger partial charge on any atom is 1.00 e. The normalized spacial score (nSPS) is 10.0. The fraction of sp³-hybridized carbons (Fsp3) is 0.125. The number of nitriles is 1. The maximum absolute atomic E-state index is 10.8. The number of nitrogens with zero attached hydrogens (tertiary/aromatic N) is 1. The molecule has 0 radical (unpaired) electrons. The summed E-state index contributed by atoms with van der Waals surface area (Å²) in [5, 5.41) is 8.38. The Hall–Kier alpha value is 0.256. The molecule has 0 unspecified atom stereocenters. The molecule has 1 aromatic rings. The van der Waals surface area contributed by atoms with Crippen LogP contribution in [0.4, 0.5) is 0 Å². The van der Waals surface area contributed by atoms with Crippen LogP contribution in [0.15, 0.2) is 29.2 Å². The molecule has 0 amide bonds. The Kier molecular flexibility index (Phi) is 6.08. The van der Waals surface area contributed by atoms with E-state index in [0.29, 0.717) is 5.56 Å². The summed E-state index contributed by atoms with van der Waals surface area (Å²) in [5.41, 5.74) is 0.313. The molecule has 6 heteroatoms. The number of benzene rings is 1. The van der Waals surface area contributed by atoms with Crippen LogP contribution < -0.4 is 51.4 Å². The van der Waals surface area contributed by atoms with Crippen molar-refractivity contribution in [1.29, 1.82) is 5.26 Å². The van der Waals surface area contributed by atoms with E-state index in [1.807, 2.05) is 6.07 Å². The molecular formula is C8H7KNO3S+. The van der Waals surface area contributed by atoms with Crippen molar-refractivity contribution in [3.8, 4) is 6.07 Å². The Morgan fingerprint density at radius 2 is 1.93 bits per heavy atom. The molecule has 0 bridgehead atoms. The van der Waals surface area contributed by atoms with Gasteiger partial charge in [0.1, 0.15) is 0 Å². The van der Waals surface area contributed by atoms with Crippen molar-refractivity contribution in [3.63, 3.8) is 0 Å². The van der Waals surface area contributed by atoms with E-state index in [9.17, 15) is 8.42 Å². The van der Waals surface area contributed by atoms with E-state index in [1.165, 1.54) is 18.2 Å². The van der Waals surface area contributed by atoms with Gasteiger partial charge in [0.2, 0.25) is 0 Å². The van der Waals surface area contributed by atoms with Gasteiger partial charge in [-0.1, -0.05) is 18.2 Å². The van der Waals surface area contributed by atoms with Gasteiger partial charge in [-0.25, -0.2) is 0 Å². The molecule has 4 nitrogen and oxygen atoms in total. The fourth-order valence-corrected chi connectivity index (χ4v) is 1.71. The molecule has 0 aliphatic rings. The average molecular weight is 236 g/mol. The molecule has 0 atom stereocenters. The van der Waals surface area contributed by atoms with Crippen LogP contribution in [0.1, 0.15) is 5.56 Å². The number of rotatable bonds is 2. The van der Waals surface area contributed by atoms with Crippen molar-refractivity contribution in [2.75, 3.05) is 0 Å². The zero-order valence-corrected chi connectivity index (χ0v) is 11.6. The van der Waals surface area contributed by atoms with Gasteiger partial charge in [0.25, 0.3) is 10.1 Å². The molecule has 68 valence electrons. The third kappa shape index (κ3) is 3.78. The fourth-order valence-electron chi connectivity index (χ4n) is 0.987. The van der Waals surface area contributed by atoms with Crippen molar-refractivity contribution in [2.45, 2.75) is 11.3 Å². The maximum atomic E-state index is 10.8. The third-order valence-corrected chi connectivity index (χ3v) is 2.47. The summed E-state index contributed by atoms with van der Waals surface area (Å²) < 4.78 is 30.3. The summed E-state index contributed by atoms with van der Waals surface area (Å²) in [4.78, 5) is -0.198. The molecule has 0 aromatic heterocycles. The van der Waals surface area contributed by atoms with Crippen molar-refractivity contribution >= 4 is 10.1 Å². The first-order chi connectivity index (χ1) is 6.05. The summed E-state index contributed by atoms with van der Waals surface area (Å²) in [7, 11) is -4.21. The summed E-state index contributed by atoms with van der Waals surface area (Å²) in [6, 6.07) is 7.68. The standard InChI is InChI=1S/C8H7NO3S.K/c9-6-5-7-3-1-2-4-8(7)13(10,11)12;/h1-4H,5H2,(H,10,11,12);/q;+1.